The third-order valence-electron chi connectivity index (χ3n) is 3.58. The summed E-state index contributed by atoms with van der Waals surface area (Å²) in [7, 11) is 0. The van der Waals surface area contributed by atoms with E-state index in [1.807, 2.05) is 6.07 Å². The zero-order valence-electron chi connectivity index (χ0n) is 11.8. The Hall–Kier alpha value is -2.23. The molecular formula is C16H18N2O2+2. The number of esters is 1. The number of pyridine rings is 2. The monoisotopic (exact) mass is 270 g/mol. The predicted molar refractivity (Wildman–Crippen MR) is 72.5 cm³/mol. The average Bonchev–Trinajstić information content (AvgIpc) is 2.44. The Balaban J connectivity index is 2.01. The molecule has 0 saturated carbocycles. The molecule has 0 atom stereocenters. The number of aromatic nitrogens is 2. The molecule has 0 saturated heterocycles. The number of carbonyl (C=O) groups is 1. The number of aryl methyl sites for hydroxylation is 3. The number of hydrogen-bond donors (Lipinski definition) is 0. The summed E-state index contributed by atoms with van der Waals surface area (Å²) >= 11 is 0. The van der Waals surface area contributed by atoms with Gasteiger partial charge in [-0.05, 0) is 12.5 Å². The van der Waals surface area contributed by atoms with Gasteiger partial charge in [0.1, 0.15) is 6.61 Å². The molecule has 3 heterocycles. The van der Waals surface area contributed by atoms with Crippen LogP contribution in [0.15, 0.2) is 36.7 Å². The molecule has 0 aliphatic carbocycles. The van der Waals surface area contributed by atoms with Crippen LogP contribution in [0.4, 0.5) is 0 Å². The van der Waals surface area contributed by atoms with Gasteiger partial charge in [-0.1, -0.05) is 0 Å². The lowest BCUT2D eigenvalue weighted by Crippen LogP contribution is -2.53. The molecule has 0 amide bonds. The Bertz CT molecular complexity index is 680. The van der Waals surface area contributed by atoms with Gasteiger partial charge >= 0.3 is 5.97 Å². The molecule has 1 aliphatic rings. The third-order valence-corrected chi connectivity index (χ3v) is 3.58. The molecule has 2 aromatic heterocycles. The number of nitrogens with zero attached hydrogens (tertiary/aromatic N) is 2. The summed E-state index contributed by atoms with van der Waals surface area (Å²) in [5.41, 5.74) is 4.64. The standard InChI is InChI=1S/C16H18N2O2/c1-12-3-5-17-7-8-18-6-4-14(11-20-13(2)19)10-16(18)15(17)9-12/h3-6,9-10H,7-8,11H2,1-2H3/q+2. The van der Waals surface area contributed by atoms with Crippen LogP contribution in [-0.4, -0.2) is 5.97 Å². The number of ether oxygens (including phenoxy) is 1. The van der Waals surface area contributed by atoms with E-state index in [0.29, 0.717) is 6.61 Å². The molecule has 2 aromatic rings. The Morgan fingerprint density at radius 1 is 1.15 bits per heavy atom. The van der Waals surface area contributed by atoms with Gasteiger partial charge in [-0.25, -0.2) is 0 Å². The quantitative estimate of drug-likeness (QED) is 0.609. The second kappa shape index (κ2) is 5.04. The van der Waals surface area contributed by atoms with Crippen LogP contribution >= 0.6 is 0 Å². The highest BCUT2D eigenvalue weighted by Crippen LogP contribution is 2.17. The molecule has 0 unspecified atom stereocenters. The van der Waals surface area contributed by atoms with Crippen molar-refractivity contribution in [2.24, 2.45) is 0 Å². The number of carbonyl (C=O) groups excluding carboxylic acids is 1. The summed E-state index contributed by atoms with van der Waals surface area (Å²) in [6.07, 6.45) is 4.20. The second-order valence-electron chi connectivity index (χ2n) is 5.18. The Labute approximate surface area is 118 Å². The van der Waals surface area contributed by atoms with Crippen molar-refractivity contribution in [1.82, 2.24) is 0 Å². The van der Waals surface area contributed by atoms with E-state index < -0.39 is 0 Å². The predicted octanol–water partition coefficient (Wildman–Crippen LogP) is 1.31. The molecule has 0 spiro atoms. The van der Waals surface area contributed by atoms with Gasteiger partial charge in [0.25, 0.3) is 11.4 Å². The summed E-state index contributed by atoms with van der Waals surface area (Å²) in [6, 6.07) is 8.44. The van der Waals surface area contributed by atoms with E-state index in [4.69, 9.17) is 4.74 Å². The number of rotatable bonds is 2. The van der Waals surface area contributed by atoms with Crippen molar-refractivity contribution in [2.45, 2.75) is 33.5 Å². The zero-order chi connectivity index (χ0) is 14.1. The van der Waals surface area contributed by atoms with Gasteiger partial charge in [-0.2, -0.15) is 9.13 Å². The van der Waals surface area contributed by atoms with Crippen molar-refractivity contribution in [2.75, 3.05) is 0 Å². The average molecular weight is 270 g/mol. The van der Waals surface area contributed by atoms with E-state index in [0.717, 1.165) is 18.7 Å². The summed E-state index contributed by atoms with van der Waals surface area (Å²) < 4.78 is 9.58. The molecule has 3 rings (SSSR count). The van der Waals surface area contributed by atoms with E-state index in [1.54, 1.807) is 0 Å². The van der Waals surface area contributed by atoms with Crippen molar-refractivity contribution < 1.29 is 18.7 Å². The summed E-state index contributed by atoms with van der Waals surface area (Å²) in [6.45, 7) is 5.81. The fraction of sp³-hybridized carbons (Fsp3) is 0.312. The van der Waals surface area contributed by atoms with Crippen LogP contribution in [0.2, 0.25) is 0 Å². The van der Waals surface area contributed by atoms with E-state index in [1.165, 1.54) is 23.9 Å². The molecule has 1 aliphatic heterocycles. The van der Waals surface area contributed by atoms with Gasteiger partial charge in [-0.3, -0.25) is 4.79 Å². The first-order chi connectivity index (χ1) is 9.63. The van der Waals surface area contributed by atoms with Crippen molar-refractivity contribution in [3.63, 3.8) is 0 Å². The van der Waals surface area contributed by atoms with Crippen molar-refractivity contribution in [3.05, 3.63) is 47.8 Å². The van der Waals surface area contributed by atoms with Crippen molar-refractivity contribution in [3.8, 4) is 11.4 Å². The van der Waals surface area contributed by atoms with Crippen LogP contribution < -0.4 is 9.13 Å². The molecule has 0 fully saturated rings. The first-order valence-electron chi connectivity index (χ1n) is 6.80. The fourth-order valence-corrected chi connectivity index (χ4v) is 2.53. The Morgan fingerprint density at radius 3 is 2.50 bits per heavy atom. The van der Waals surface area contributed by atoms with Gasteiger partial charge in [0, 0.05) is 36.8 Å². The molecule has 0 aromatic carbocycles. The zero-order valence-corrected chi connectivity index (χ0v) is 11.8. The third kappa shape index (κ3) is 2.41. The van der Waals surface area contributed by atoms with E-state index >= 15 is 0 Å². The largest absolute Gasteiger partial charge is 0.461 e. The minimum atomic E-state index is -0.249. The van der Waals surface area contributed by atoms with E-state index in [9.17, 15) is 4.79 Å². The molecule has 0 N–H and O–H groups in total. The Morgan fingerprint density at radius 2 is 1.80 bits per heavy atom. The lowest BCUT2D eigenvalue weighted by molar-refractivity contribution is -0.795. The second-order valence-corrected chi connectivity index (χ2v) is 5.18. The highest BCUT2D eigenvalue weighted by atomic mass is 16.5. The fourth-order valence-electron chi connectivity index (χ4n) is 2.53. The summed E-state index contributed by atoms with van der Waals surface area (Å²) in [5, 5.41) is 0. The summed E-state index contributed by atoms with van der Waals surface area (Å²) in [4.78, 5) is 10.9. The maximum absolute atomic E-state index is 10.9. The van der Waals surface area contributed by atoms with Crippen LogP contribution in [0.1, 0.15) is 18.1 Å². The van der Waals surface area contributed by atoms with Gasteiger partial charge in [0.15, 0.2) is 12.4 Å². The maximum Gasteiger partial charge on any atom is 0.302 e. The van der Waals surface area contributed by atoms with Crippen molar-refractivity contribution >= 4 is 5.97 Å². The molecule has 4 heteroatoms. The lowest BCUT2D eigenvalue weighted by Gasteiger charge is -2.11. The maximum atomic E-state index is 10.9. The van der Waals surface area contributed by atoms with Gasteiger partial charge in [0.2, 0.25) is 13.1 Å². The topological polar surface area (TPSA) is 34.1 Å². The van der Waals surface area contributed by atoms with Crippen LogP contribution in [0.3, 0.4) is 0 Å². The Kier molecular flexibility index (Phi) is 3.22. The summed E-state index contributed by atoms with van der Waals surface area (Å²) in [5.74, 6) is -0.249. The smallest absolute Gasteiger partial charge is 0.302 e. The van der Waals surface area contributed by atoms with Crippen LogP contribution in [-0.2, 0) is 29.2 Å². The van der Waals surface area contributed by atoms with Crippen LogP contribution in [0, 0.1) is 6.92 Å². The number of fused-ring (bicyclic) bond motifs is 3. The molecular weight excluding hydrogens is 252 g/mol. The first-order valence-corrected chi connectivity index (χ1v) is 6.80. The van der Waals surface area contributed by atoms with Gasteiger partial charge < -0.3 is 4.74 Å². The van der Waals surface area contributed by atoms with Crippen molar-refractivity contribution in [1.29, 1.82) is 0 Å². The molecule has 0 radical (unpaired) electrons. The molecule has 4 nitrogen and oxygen atoms in total. The van der Waals surface area contributed by atoms with E-state index in [2.05, 4.69) is 46.7 Å². The normalized spacial score (nSPS) is 12.5. The van der Waals surface area contributed by atoms with Crippen LogP contribution in [0.5, 0.6) is 0 Å². The van der Waals surface area contributed by atoms with Crippen LogP contribution in [0.25, 0.3) is 11.4 Å². The highest BCUT2D eigenvalue weighted by Gasteiger charge is 2.29. The SMILES string of the molecule is CC(=O)OCc1cc[n+]2c(c1)-c1cc(C)cc[n+]1CC2. The highest BCUT2D eigenvalue weighted by molar-refractivity contribution is 5.66. The minimum Gasteiger partial charge on any atom is -0.461 e. The lowest BCUT2D eigenvalue weighted by atomic mass is 10.1. The van der Waals surface area contributed by atoms with Gasteiger partial charge in [0.05, 0.1) is 0 Å². The molecule has 20 heavy (non-hydrogen) atoms. The number of hydrogen-bond acceptors (Lipinski definition) is 2. The molecule has 102 valence electrons. The molecule has 0 bridgehead atoms. The minimum absolute atomic E-state index is 0.249. The first kappa shape index (κ1) is 12.8. The van der Waals surface area contributed by atoms with Gasteiger partial charge in [-0.15, -0.1) is 0 Å². The van der Waals surface area contributed by atoms with E-state index in [-0.39, 0.29) is 5.97 Å².